The van der Waals surface area contributed by atoms with E-state index in [0.29, 0.717) is 36.3 Å². The topological polar surface area (TPSA) is 83.0 Å². The van der Waals surface area contributed by atoms with E-state index in [9.17, 15) is 8.42 Å². The SMILES string of the molecule is CCNC(=NCc1ccc(S(=O)(=O)N2CCCCC2)s1)NCC(C)(C)OC. The molecular formula is C18H32N4O3S2. The summed E-state index contributed by atoms with van der Waals surface area (Å²) in [5.41, 5.74) is -0.297. The minimum Gasteiger partial charge on any atom is -0.377 e. The van der Waals surface area contributed by atoms with Crippen LogP contribution in [0.3, 0.4) is 0 Å². The maximum atomic E-state index is 12.7. The van der Waals surface area contributed by atoms with E-state index in [1.807, 2.05) is 26.8 Å². The molecule has 1 aliphatic rings. The van der Waals surface area contributed by atoms with Crippen molar-refractivity contribution in [2.75, 3.05) is 33.3 Å². The predicted molar refractivity (Wildman–Crippen MR) is 111 cm³/mol. The number of piperidine rings is 1. The van der Waals surface area contributed by atoms with Crippen LogP contribution in [0.5, 0.6) is 0 Å². The summed E-state index contributed by atoms with van der Waals surface area (Å²) in [6, 6.07) is 3.56. The molecule has 27 heavy (non-hydrogen) atoms. The Labute approximate surface area is 167 Å². The Hall–Kier alpha value is -1.16. The lowest BCUT2D eigenvalue weighted by molar-refractivity contribution is 0.0268. The van der Waals surface area contributed by atoms with Gasteiger partial charge < -0.3 is 15.4 Å². The standard InChI is InChI=1S/C18H32N4O3S2/c1-5-19-17(21-14-18(2,3)25-4)20-13-15-9-10-16(26-15)27(23,24)22-11-7-6-8-12-22/h9-10H,5-8,11-14H2,1-4H3,(H2,19,20,21). The lowest BCUT2D eigenvalue weighted by Crippen LogP contribution is -2.45. The molecule has 2 heterocycles. The second-order valence-electron chi connectivity index (χ2n) is 7.20. The molecule has 1 saturated heterocycles. The minimum atomic E-state index is -3.37. The van der Waals surface area contributed by atoms with Gasteiger partial charge in [-0.3, -0.25) is 0 Å². The van der Waals surface area contributed by atoms with Crippen LogP contribution in [0, 0.1) is 0 Å². The van der Waals surface area contributed by atoms with Crippen molar-refractivity contribution >= 4 is 27.3 Å². The molecule has 9 heteroatoms. The zero-order valence-corrected chi connectivity index (χ0v) is 18.4. The number of nitrogens with one attached hydrogen (secondary N) is 2. The largest absolute Gasteiger partial charge is 0.377 e. The number of methoxy groups -OCH3 is 1. The van der Waals surface area contributed by atoms with E-state index < -0.39 is 10.0 Å². The number of rotatable bonds is 8. The molecule has 0 atom stereocenters. The summed E-state index contributed by atoms with van der Waals surface area (Å²) >= 11 is 1.30. The zero-order valence-electron chi connectivity index (χ0n) is 16.7. The third kappa shape index (κ3) is 6.44. The summed E-state index contributed by atoms with van der Waals surface area (Å²) in [6.07, 6.45) is 2.99. The Morgan fingerprint density at radius 1 is 1.26 bits per heavy atom. The van der Waals surface area contributed by atoms with Gasteiger partial charge in [0, 0.05) is 38.2 Å². The molecule has 0 bridgehead atoms. The molecule has 2 rings (SSSR count). The van der Waals surface area contributed by atoms with E-state index >= 15 is 0 Å². The van der Waals surface area contributed by atoms with E-state index in [0.717, 1.165) is 30.7 Å². The van der Waals surface area contributed by atoms with E-state index in [4.69, 9.17) is 4.74 Å². The Morgan fingerprint density at radius 2 is 1.96 bits per heavy atom. The van der Waals surface area contributed by atoms with Crippen molar-refractivity contribution in [1.29, 1.82) is 0 Å². The van der Waals surface area contributed by atoms with Crippen molar-refractivity contribution in [3.63, 3.8) is 0 Å². The van der Waals surface area contributed by atoms with Crippen LogP contribution >= 0.6 is 11.3 Å². The lowest BCUT2D eigenvalue weighted by Gasteiger charge is -2.25. The number of aliphatic imine (C=N–C) groups is 1. The fraction of sp³-hybridized carbons (Fsp3) is 0.722. The maximum Gasteiger partial charge on any atom is 0.252 e. The highest BCUT2D eigenvalue weighted by atomic mass is 32.2. The molecule has 7 nitrogen and oxygen atoms in total. The summed E-state index contributed by atoms with van der Waals surface area (Å²) < 4.78 is 32.9. The van der Waals surface area contributed by atoms with Crippen molar-refractivity contribution in [3.05, 3.63) is 17.0 Å². The number of ether oxygens (including phenoxy) is 1. The van der Waals surface area contributed by atoms with Gasteiger partial charge in [-0.05, 0) is 45.7 Å². The second-order valence-corrected chi connectivity index (χ2v) is 10.5. The Kier molecular flexibility index (Phi) is 8.08. The van der Waals surface area contributed by atoms with Crippen molar-refractivity contribution in [2.45, 2.75) is 56.4 Å². The summed E-state index contributed by atoms with van der Waals surface area (Å²) in [7, 11) is -1.69. The number of thiophene rings is 1. The van der Waals surface area contributed by atoms with E-state index in [-0.39, 0.29) is 5.60 Å². The normalized spacial score (nSPS) is 17.1. The first kappa shape index (κ1) is 22.1. The van der Waals surface area contributed by atoms with Crippen LogP contribution in [-0.2, 0) is 21.3 Å². The summed E-state index contributed by atoms with van der Waals surface area (Å²) in [5, 5.41) is 6.46. The van der Waals surface area contributed by atoms with Gasteiger partial charge >= 0.3 is 0 Å². The molecule has 154 valence electrons. The van der Waals surface area contributed by atoms with Crippen molar-refractivity contribution in [2.24, 2.45) is 4.99 Å². The molecule has 0 spiro atoms. The highest BCUT2D eigenvalue weighted by molar-refractivity contribution is 7.91. The second kappa shape index (κ2) is 9.86. The van der Waals surface area contributed by atoms with E-state index in [1.165, 1.54) is 11.3 Å². The van der Waals surface area contributed by atoms with Gasteiger partial charge in [0.25, 0.3) is 10.0 Å². The summed E-state index contributed by atoms with van der Waals surface area (Å²) in [4.78, 5) is 5.49. The van der Waals surface area contributed by atoms with Gasteiger partial charge in [0.05, 0.1) is 12.1 Å². The Bertz CT molecular complexity index is 723. The van der Waals surface area contributed by atoms with Crippen molar-refractivity contribution in [1.82, 2.24) is 14.9 Å². The fourth-order valence-corrected chi connectivity index (χ4v) is 5.63. The first-order valence-corrected chi connectivity index (χ1v) is 11.7. The molecule has 0 aliphatic carbocycles. The highest BCUT2D eigenvalue weighted by Crippen LogP contribution is 2.27. The van der Waals surface area contributed by atoms with Gasteiger partial charge in [-0.25, -0.2) is 13.4 Å². The molecule has 0 unspecified atom stereocenters. The smallest absolute Gasteiger partial charge is 0.252 e. The van der Waals surface area contributed by atoms with Crippen LogP contribution in [0.1, 0.15) is 44.9 Å². The van der Waals surface area contributed by atoms with E-state index in [2.05, 4.69) is 15.6 Å². The van der Waals surface area contributed by atoms with Crippen LogP contribution < -0.4 is 10.6 Å². The van der Waals surface area contributed by atoms with Gasteiger partial charge in [-0.15, -0.1) is 11.3 Å². The highest BCUT2D eigenvalue weighted by Gasteiger charge is 2.27. The van der Waals surface area contributed by atoms with Crippen LogP contribution in [0.25, 0.3) is 0 Å². The third-order valence-electron chi connectivity index (χ3n) is 4.52. The molecule has 0 amide bonds. The average molecular weight is 417 g/mol. The average Bonchev–Trinajstić information content (AvgIpc) is 3.14. The molecule has 0 saturated carbocycles. The van der Waals surface area contributed by atoms with Gasteiger partial charge in [0.15, 0.2) is 5.96 Å². The molecule has 0 aromatic carbocycles. The molecular weight excluding hydrogens is 384 g/mol. The third-order valence-corrected chi connectivity index (χ3v) is 7.95. The minimum absolute atomic E-state index is 0.297. The molecule has 1 fully saturated rings. The van der Waals surface area contributed by atoms with E-state index in [1.54, 1.807) is 17.5 Å². The molecule has 0 radical (unpaired) electrons. The first-order valence-electron chi connectivity index (χ1n) is 9.44. The van der Waals surface area contributed by atoms with Gasteiger partial charge in [0.1, 0.15) is 4.21 Å². The van der Waals surface area contributed by atoms with Gasteiger partial charge in [0.2, 0.25) is 0 Å². The summed E-state index contributed by atoms with van der Waals surface area (Å²) in [5.74, 6) is 0.691. The fourth-order valence-electron chi connectivity index (χ4n) is 2.68. The lowest BCUT2D eigenvalue weighted by atomic mass is 10.1. The first-order chi connectivity index (χ1) is 12.8. The predicted octanol–water partition coefficient (Wildman–Crippen LogP) is 2.40. The molecule has 1 aromatic heterocycles. The van der Waals surface area contributed by atoms with Crippen LogP contribution in [0.2, 0.25) is 0 Å². The number of guanidine groups is 1. The number of hydrogen-bond donors (Lipinski definition) is 2. The van der Waals surface area contributed by atoms with Gasteiger partial charge in [-0.1, -0.05) is 6.42 Å². The monoisotopic (exact) mass is 416 g/mol. The van der Waals surface area contributed by atoms with Crippen molar-refractivity contribution < 1.29 is 13.2 Å². The number of nitrogens with zero attached hydrogens (tertiary/aromatic N) is 2. The van der Waals surface area contributed by atoms with Crippen molar-refractivity contribution in [3.8, 4) is 0 Å². The Balaban J connectivity index is 2.02. The Morgan fingerprint density at radius 3 is 2.59 bits per heavy atom. The van der Waals surface area contributed by atoms with Gasteiger partial charge in [-0.2, -0.15) is 4.31 Å². The zero-order chi connectivity index (χ0) is 19.9. The quantitative estimate of drug-likeness (QED) is 0.502. The van der Waals surface area contributed by atoms with Crippen LogP contribution in [-0.4, -0.2) is 57.6 Å². The van der Waals surface area contributed by atoms with Crippen LogP contribution in [0.15, 0.2) is 21.3 Å². The molecule has 1 aliphatic heterocycles. The maximum absolute atomic E-state index is 12.7. The number of hydrogen-bond acceptors (Lipinski definition) is 5. The molecule has 2 N–H and O–H groups in total. The number of sulfonamides is 1. The summed E-state index contributed by atoms with van der Waals surface area (Å²) in [6.45, 7) is 9.05. The molecule has 1 aromatic rings. The van der Waals surface area contributed by atoms with Crippen LogP contribution in [0.4, 0.5) is 0 Å².